The van der Waals surface area contributed by atoms with Gasteiger partial charge in [0.05, 0.1) is 5.69 Å². The molecule has 1 aromatic carbocycles. The molecule has 8 nitrogen and oxygen atoms in total. The van der Waals surface area contributed by atoms with Crippen molar-refractivity contribution in [2.75, 3.05) is 44.7 Å². The van der Waals surface area contributed by atoms with Gasteiger partial charge in [0.15, 0.2) is 11.8 Å². The lowest BCUT2D eigenvalue weighted by Crippen LogP contribution is -2.52. The van der Waals surface area contributed by atoms with Crippen molar-refractivity contribution in [1.82, 2.24) is 20.4 Å². The van der Waals surface area contributed by atoms with Gasteiger partial charge in [0.2, 0.25) is 5.89 Å². The number of phenols is 1. The predicted molar refractivity (Wildman–Crippen MR) is 101 cm³/mol. The van der Waals surface area contributed by atoms with Crippen LogP contribution in [0.5, 0.6) is 5.75 Å². The van der Waals surface area contributed by atoms with Gasteiger partial charge in [0.25, 0.3) is 0 Å². The zero-order valence-electron chi connectivity index (χ0n) is 15.4. The zero-order chi connectivity index (χ0) is 18.4. The highest BCUT2D eigenvalue weighted by atomic mass is 16.5. The first kappa shape index (κ1) is 18.0. The number of anilines is 1. The second-order valence-corrected chi connectivity index (χ2v) is 6.28. The van der Waals surface area contributed by atoms with Crippen molar-refractivity contribution in [3.8, 4) is 5.75 Å². The lowest BCUT2D eigenvalue weighted by atomic mass is 10.2. The van der Waals surface area contributed by atoms with Crippen molar-refractivity contribution in [2.24, 2.45) is 4.99 Å². The highest BCUT2D eigenvalue weighted by Gasteiger charge is 2.21. The minimum Gasteiger partial charge on any atom is -0.506 e. The monoisotopic (exact) mass is 358 g/mol. The molecular formula is C18H26N6O2. The number of para-hydroxylation sites is 2. The van der Waals surface area contributed by atoms with Crippen LogP contribution in [0.1, 0.15) is 18.1 Å². The maximum absolute atomic E-state index is 10.0. The third kappa shape index (κ3) is 4.44. The fourth-order valence-corrected chi connectivity index (χ4v) is 3.10. The van der Waals surface area contributed by atoms with Crippen LogP contribution in [-0.2, 0) is 6.42 Å². The second kappa shape index (κ2) is 8.55. The first-order chi connectivity index (χ1) is 12.7. The summed E-state index contributed by atoms with van der Waals surface area (Å²) in [7, 11) is 1.80. The smallest absolute Gasteiger partial charge is 0.226 e. The molecule has 1 aliphatic rings. The molecule has 26 heavy (non-hydrogen) atoms. The molecule has 2 heterocycles. The van der Waals surface area contributed by atoms with E-state index in [2.05, 4.69) is 30.2 Å². The van der Waals surface area contributed by atoms with Crippen LogP contribution >= 0.6 is 0 Å². The summed E-state index contributed by atoms with van der Waals surface area (Å²) in [6, 6.07) is 7.48. The molecule has 1 aliphatic heterocycles. The molecule has 2 aromatic rings. The Labute approximate surface area is 153 Å². The molecule has 1 fully saturated rings. The van der Waals surface area contributed by atoms with E-state index in [4.69, 9.17) is 4.52 Å². The number of piperazine rings is 1. The first-order valence-corrected chi connectivity index (χ1v) is 8.95. The van der Waals surface area contributed by atoms with Gasteiger partial charge in [0, 0.05) is 46.2 Å². The number of nitrogens with zero attached hydrogens (tertiary/aromatic N) is 5. The third-order valence-corrected chi connectivity index (χ3v) is 4.43. The van der Waals surface area contributed by atoms with Crippen LogP contribution in [0.25, 0.3) is 0 Å². The Morgan fingerprint density at radius 3 is 2.69 bits per heavy atom. The van der Waals surface area contributed by atoms with E-state index in [1.807, 2.05) is 25.1 Å². The number of benzene rings is 1. The van der Waals surface area contributed by atoms with E-state index >= 15 is 0 Å². The van der Waals surface area contributed by atoms with Gasteiger partial charge in [-0.05, 0) is 25.5 Å². The topological polar surface area (TPSA) is 90.0 Å². The number of aromatic nitrogens is 2. The van der Waals surface area contributed by atoms with E-state index in [-0.39, 0.29) is 0 Å². The van der Waals surface area contributed by atoms with Gasteiger partial charge >= 0.3 is 0 Å². The molecular weight excluding hydrogens is 332 g/mol. The van der Waals surface area contributed by atoms with Crippen LogP contribution in [0, 0.1) is 6.92 Å². The molecule has 0 spiro atoms. The van der Waals surface area contributed by atoms with E-state index in [0.29, 0.717) is 17.5 Å². The van der Waals surface area contributed by atoms with Crippen molar-refractivity contribution >= 4 is 11.6 Å². The Hall–Kier alpha value is -2.77. The number of guanidine groups is 1. The molecule has 0 atom stereocenters. The zero-order valence-corrected chi connectivity index (χ0v) is 15.4. The molecule has 3 rings (SSSR count). The quantitative estimate of drug-likeness (QED) is 0.474. The maximum atomic E-state index is 10.0. The van der Waals surface area contributed by atoms with Gasteiger partial charge in [0.1, 0.15) is 5.75 Å². The van der Waals surface area contributed by atoms with E-state index in [0.717, 1.165) is 57.2 Å². The molecule has 0 saturated carbocycles. The van der Waals surface area contributed by atoms with E-state index < -0.39 is 0 Å². The highest BCUT2D eigenvalue weighted by molar-refractivity contribution is 5.80. The fraction of sp³-hybridized carbons (Fsp3) is 0.500. The number of rotatable bonds is 5. The van der Waals surface area contributed by atoms with Crippen LogP contribution in [0.4, 0.5) is 5.69 Å². The second-order valence-electron chi connectivity index (χ2n) is 6.28. The molecule has 1 saturated heterocycles. The molecule has 0 unspecified atom stereocenters. The maximum Gasteiger partial charge on any atom is 0.226 e. The minimum atomic E-state index is 0.333. The summed E-state index contributed by atoms with van der Waals surface area (Å²) in [4.78, 5) is 13.0. The Balaban J connectivity index is 1.44. The van der Waals surface area contributed by atoms with Crippen LogP contribution in [0.3, 0.4) is 0 Å². The Morgan fingerprint density at radius 1 is 1.27 bits per heavy atom. The number of phenolic OH excluding ortho intramolecular Hbond substituents is 1. The lowest BCUT2D eigenvalue weighted by molar-refractivity contribution is 0.364. The van der Waals surface area contributed by atoms with Gasteiger partial charge in [-0.3, -0.25) is 4.99 Å². The molecule has 1 aromatic heterocycles. The SMILES string of the molecule is CN=C(NCCCc1nc(C)no1)N1CCN(c2ccccc2O)CC1. The summed E-state index contributed by atoms with van der Waals surface area (Å²) in [6.45, 7) is 6.03. The number of hydrogen-bond acceptors (Lipinski definition) is 6. The third-order valence-electron chi connectivity index (χ3n) is 4.43. The van der Waals surface area contributed by atoms with Crippen LogP contribution in [0.15, 0.2) is 33.8 Å². The van der Waals surface area contributed by atoms with Gasteiger partial charge in [-0.25, -0.2) is 0 Å². The van der Waals surface area contributed by atoms with Crippen LogP contribution in [-0.4, -0.2) is 65.9 Å². The summed E-state index contributed by atoms with van der Waals surface area (Å²) in [5, 5.41) is 17.2. The molecule has 8 heteroatoms. The fourth-order valence-electron chi connectivity index (χ4n) is 3.10. The Bertz CT molecular complexity index is 737. The van der Waals surface area contributed by atoms with Gasteiger partial charge in [-0.1, -0.05) is 17.3 Å². The van der Waals surface area contributed by atoms with E-state index in [1.54, 1.807) is 13.1 Å². The standard InChI is InChI=1S/C18H26N6O2/c1-14-21-17(26-22-14)8-5-9-20-18(19-2)24-12-10-23(11-13-24)15-6-3-4-7-16(15)25/h3-4,6-7,25H,5,8-13H2,1-2H3,(H,19,20). The number of nitrogens with one attached hydrogen (secondary N) is 1. The molecule has 0 radical (unpaired) electrons. The van der Waals surface area contributed by atoms with Gasteiger partial charge in [-0.15, -0.1) is 0 Å². The van der Waals surface area contributed by atoms with Crippen molar-refractivity contribution in [2.45, 2.75) is 19.8 Å². The summed E-state index contributed by atoms with van der Waals surface area (Å²) in [6.07, 6.45) is 1.66. The molecule has 0 amide bonds. The molecule has 0 bridgehead atoms. The number of aryl methyl sites for hydroxylation is 2. The van der Waals surface area contributed by atoms with Gasteiger partial charge in [-0.2, -0.15) is 4.98 Å². The average Bonchev–Trinajstić information content (AvgIpc) is 3.08. The van der Waals surface area contributed by atoms with Gasteiger partial charge < -0.3 is 24.7 Å². The number of hydrogen-bond donors (Lipinski definition) is 2. The Kier molecular flexibility index (Phi) is 5.93. The largest absolute Gasteiger partial charge is 0.506 e. The summed E-state index contributed by atoms with van der Waals surface area (Å²) < 4.78 is 5.12. The average molecular weight is 358 g/mol. The van der Waals surface area contributed by atoms with Crippen LogP contribution in [0.2, 0.25) is 0 Å². The van der Waals surface area contributed by atoms with Crippen molar-refractivity contribution < 1.29 is 9.63 Å². The molecule has 140 valence electrons. The first-order valence-electron chi connectivity index (χ1n) is 8.95. The normalized spacial score (nSPS) is 15.4. The lowest BCUT2D eigenvalue weighted by Gasteiger charge is -2.37. The summed E-state index contributed by atoms with van der Waals surface area (Å²) >= 11 is 0. The van der Waals surface area contributed by atoms with Crippen molar-refractivity contribution in [3.63, 3.8) is 0 Å². The summed E-state index contributed by atoms with van der Waals surface area (Å²) in [5.41, 5.74) is 0.893. The Morgan fingerprint density at radius 2 is 2.04 bits per heavy atom. The molecule has 2 N–H and O–H groups in total. The predicted octanol–water partition coefficient (Wildman–Crippen LogP) is 1.41. The minimum absolute atomic E-state index is 0.333. The summed E-state index contributed by atoms with van der Waals surface area (Å²) in [5.74, 6) is 2.59. The number of aliphatic imine (C=N–C) groups is 1. The van der Waals surface area contributed by atoms with Crippen molar-refractivity contribution in [1.29, 1.82) is 0 Å². The van der Waals surface area contributed by atoms with Crippen LogP contribution < -0.4 is 10.2 Å². The highest BCUT2D eigenvalue weighted by Crippen LogP contribution is 2.27. The number of aromatic hydroxyl groups is 1. The van der Waals surface area contributed by atoms with E-state index in [1.165, 1.54) is 0 Å². The molecule has 0 aliphatic carbocycles. The van der Waals surface area contributed by atoms with E-state index in [9.17, 15) is 5.11 Å². The van der Waals surface area contributed by atoms with Crippen molar-refractivity contribution in [3.05, 3.63) is 36.0 Å².